The van der Waals surface area contributed by atoms with Crippen LogP contribution in [0.25, 0.3) is 10.6 Å². The number of aromatic nitrogens is 1. The monoisotopic (exact) mass is 273 g/mol. The number of benzene rings is 1. The van der Waals surface area contributed by atoms with Crippen LogP contribution in [0.3, 0.4) is 0 Å². The number of methoxy groups -OCH3 is 1. The van der Waals surface area contributed by atoms with E-state index in [0.717, 1.165) is 22.2 Å². The minimum absolute atomic E-state index is 0.306. The van der Waals surface area contributed by atoms with Crippen LogP contribution in [0.1, 0.15) is 39.7 Å². The van der Waals surface area contributed by atoms with Crippen molar-refractivity contribution in [2.75, 3.05) is 7.11 Å². The molecule has 3 rings (SSSR count). The molecule has 19 heavy (non-hydrogen) atoms. The van der Waals surface area contributed by atoms with Crippen LogP contribution >= 0.6 is 11.3 Å². The van der Waals surface area contributed by atoms with Gasteiger partial charge in [-0.1, -0.05) is 18.2 Å². The first kappa shape index (κ1) is 12.4. The Bertz CT molecular complexity index is 629. The summed E-state index contributed by atoms with van der Waals surface area (Å²) < 4.78 is 4.77. The number of hydrogen-bond donors (Lipinski definition) is 0. The molecule has 2 aromatic rings. The smallest absolute Gasteiger partial charge is 0.349 e. The molecule has 1 fully saturated rings. The van der Waals surface area contributed by atoms with Crippen molar-refractivity contribution in [2.45, 2.75) is 25.7 Å². The summed E-state index contributed by atoms with van der Waals surface area (Å²) in [4.78, 5) is 16.7. The number of esters is 1. The Morgan fingerprint density at radius 3 is 2.89 bits per heavy atom. The van der Waals surface area contributed by atoms with E-state index in [0.29, 0.717) is 4.88 Å². The Balaban J connectivity index is 1.97. The predicted molar refractivity (Wildman–Crippen MR) is 75.6 cm³/mol. The van der Waals surface area contributed by atoms with E-state index >= 15 is 0 Å². The molecule has 0 bridgehead atoms. The van der Waals surface area contributed by atoms with Crippen LogP contribution in [-0.4, -0.2) is 18.1 Å². The molecule has 1 saturated carbocycles. The Kier molecular flexibility index (Phi) is 3.11. The van der Waals surface area contributed by atoms with Crippen molar-refractivity contribution >= 4 is 17.3 Å². The van der Waals surface area contributed by atoms with Gasteiger partial charge in [-0.3, -0.25) is 0 Å². The van der Waals surface area contributed by atoms with Gasteiger partial charge >= 0.3 is 5.97 Å². The van der Waals surface area contributed by atoms with E-state index in [9.17, 15) is 4.79 Å². The number of aryl methyl sites for hydroxylation is 1. The average molecular weight is 273 g/mol. The summed E-state index contributed by atoms with van der Waals surface area (Å²) in [6.07, 6.45) is 2.57. The number of rotatable bonds is 3. The molecule has 0 saturated heterocycles. The molecule has 0 radical (unpaired) electrons. The third-order valence-corrected chi connectivity index (χ3v) is 4.54. The van der Waals surface area contributed by atoms with Crippen molar-refractivity contribution in [3.05, 3.63) is 40.4 Å². The average Bonchev–Trinajstić information content (AvgIpc) is 3.21. The van der Waals surface area contributed by atoms with Gasteiger partial charge in [-0.05, 0) is 37.3 Å². The number of nitrogens with zero attached hydrogens (tertiary/aromatic N) is 1. The molecule has 1 heterocycles. The fraction of sp³-hybridized carbons (Fsp3) is 0.333. The van der Waals surface area contributed by atoms with E-state index in [4.69, 9.17) is 4.74 Å². The molecular formula is C15H15NO2S. The maximum Gasteiger partial charge on any atom is 0.349 e. The zero-order valence-electron chi connectivity index (χ0n) is 11.0. The lowest BCUT2D eigenvalue weighted by atomic mass is 10.1. The van der Waals surface area contributed by atoms with Gasteiger partial charge in [0.15, 0.2) is 0 Å². The number of hydrogen-bond acceptors (Lipinski definition) is 4. The Morgan fingerprint density at radius 2 is 2.21 bits per heavy atom. The summed E-state index contributed by atoms with van der Waals surface area (Å²) in [5.41, 5.74) is 3.21. The fourth-order valence-corrected chi connectivity index (χ4v) is 3.13. The molecule has 0 atom stereocenters. The first-order chi connectivity index (χ1) is 9.19. The van der Waals surface area contributed by atoms with E-state index in [1.165, 1.54) is 36.9 Å². The predicted octanol–water partition coefficient (Wildman–Crippen LogP) is 3.78. The largest absolute Gasteiger partial charge is 0.465 e. The maximum absolute atomic E-state index is 11.6. The standard InChI is InChI=1S/C15H15NO2S/c1-9-13(15(17)18-2)19-14(16-9)12-5-3-4-11(8-12)10-6-7-10/h3-5,8,10H,6-7H2,1-2H3. The highest BCUT2D eigenvalue weighted by Crippen LogP contribution is 2.41. The van der Waals surface area contributed by atoms with E-state index in [2.05, 4.69) is 23.2 Å². The molecule has 3 nitrogen and oxygen atoms in total. The van der Waals surface area contributed by atoms with Crippen LogP contribution in [-0.2, 0) is 4.74 Å². The van der Waals surface area contributed by atoms with Gasteiger partial charge < -0.3 is 4.74 Å². The van der Waals surface area contributed by atoms with Crippen molar-refractivity contribution in [3.63, 3.8) is 0 Å². The van der Waals surface area contributed by atoms with Gasteiger partial charge in [0, 0.05) is 5.56 Å². The molecule has 0 aliphatic heterocycles. The normalized spacial score (nSPS) is 14.4. The molecule has 1 aromatic heterocycles. The molecule has 1 aromatic carbocycles. The summed E-state index contributed by atoms with van der Waals surface area (Å²) in [6, 6.07) is 8.47. The van der Waals surface area contributed by atoms with Crippen LogP contribution in [0.15, 0.2) is 24.3 Å². The van der Waals surface area contributed by atoms with Gasteiger partial charge in [-0.2, -0.15) is 0 Å². The molecule has 1 aliphatic carbocycles. The third kappa shape index (κ3) is 2.40. The molecular weight excluding hydrogens is 258 g/mol. The Labute approximate surface area is 116 Å². The second-order valence-corrected chi connectivity index (χ2v) is 5.82. The SMILES string of the molecule is COC(=O)c1sc(-c2cccc(C3CC3)c2)nc1C. The summed E-state index contributed by atoms with van der Waals surface area (Å²) in [5.74, 6) is 0.417. The van der Waals surface area contributed by atoms with Gasteiger partial charge in [0.25, 0.3) is 0 Å². The molecule has 0 N–H and O–H groups in total. The maximum atomic E-state index is 11.6. The van der Waals surface area contributed by atoms with Crippen LogP contribution in [0, 0.1) is 6.92 Å². The topological polar surface area (TPSA) is 39.2 Å². The summed E-state index contributed by atoms with van der Waals surface area (Å²) in [7, 11) is 1.40. The Hall–Kier alpha value is -1.68. The summed E-state index contributed by atoms with van der Waals surface area (Å²) in [6.45, 7) is 1.84. The molecule has 1 aliphatic rings. The van der Waals surface area contributed by atoms with Gasteiger partial charge in [0.2, 0.25) is 0 Å². The zero-order valence-corrected chi connectivity index (χ0v) is 11.8. The van der Waals surface area contributed by atoms with Crippen LogP contribution in [0.2, 0.25) is 0 Å². The van der Waals surface area contributed by atoms with Crippen molar-refractivity contribution in [2.24, 2.45) is 0 Å². The van der Waals surface area contributed by atoms with Crippen molar-refractivity contribution < 1.29 is 9.53 Å². The van der Waals surface area contributed by atoms with Gasteiger partial charge in [0.05, 0.1) is 12.8 Å². The number of carbonyl (C=O) groups excluding carboxylic acids is 1. The molecule has 0 unspecified atom stereocenters. The minimum Gasteiger partial charge on any atom is -0.465 e. The van der Waals surface area contributed by atoms with Crippen LogP contribution < -0.4 is 0 Å². The lowest BCUT2D eigenvalue weighted by Gasteiger charge is -2.00. The van der Waals surface area contributed by atoms with Crippen molar-refractivity contribution in [1.82, 2.24) is 4.98 Å². The number of carbonyl (C=O) groups is 1. The molecule has 0 amide bonds. The lowest BCUT2D eigenvalue weighted by molar-refractivity contribution is 0.0605. The minimum atomic E-state index is -0.306. The highest BCUT2D eigenvalue weighted by Gasteiger charge is 2.24. The summed E-state index contributed by atoms with van der Waals surface area (Å²) in [5, 5.41) is 0.889. The van der Waals surface area contributed by atoms with Gasteiger partial charge in [-0.25, -0.2) is 9.78 Å². The van der Waals surface area contributed by atoms with Gasteiger partial charge in [0.1, 0.15) is 9.88 Å². The second kappa shape index (κ2) is 4.78. The Morgan fingerprint density at radius 1 is 1.42 bits per heavy atom. The zero-order chi connectivity index (χ0) is 13.4. The third-order valence-electron chi connectivity index (χ3n) is 3.35. The van der Waals surface area contributed by atoms with E-state index in [1.807, 2.05) is 13.0 Å². The molecule has 4 heteroatoms. The van der Waals surface area contributed by atoms with E-state index in [1.54, 1.807) is 0 Å². The van der Waals surface area contributed by atoms with E-state index < -0.39 is 0 Å². The molecule has 98 valence electrons. The number of ether oxygens (including phenoxy) is 1. The van der Waals surface area contributed by atoms with Crippen molar-refractivity contribution in [3.8, 4) is 10.6 Å². The fourth-order valence-electron chi connectivity index (χ4n) is 2.14. The van der Waals surface area contributed by atoms with Crippen molar-refractivity contribution in [1.29, 1.82) is 0 Å². The van der Waals surface area contributed by atoms with Crippen LogP contribution in [0.4, 0.5) is 0 Å². The quantitative estimate of drug-likeness (QED) is 0.799. The first-order valence-electron chi connectivity index (χ1n) is 6.35. The van der Waals surface area contributed by atoms with E-state index in [-0.39, 0.29) is 5.97 Å². The highest BCUT2D eigenvalue weighted by atomic mass is 32.1. The van der Waals surface area contributed by atoms with Gasteiger partial charge in [-0.15, -0.1) is 11.3 Å². The first-order valence-corrected chi connectivity index (χ1v) is 7.16. The van der Waals surface area contributed by atoms with Crippen LogP contribution in [0.5, 0.6) is 0 Å². The summed E-state index contributed by atoms with van der Waals surface area (Å²) >= 11 is 1.40. The second-order valence-electron chi connectivity index (χ2n) is 4.82. The lowest BCUT2D eigenvalue weighted by Crippen LogP contribution is -1.99. The highest BCUT2D eigenvalue weighted by molar-refractivity contribution is 7.17. The molecule has 0 spiro atoms. The number of thiazole rings is 1.